The molecule has 0 aliphatic carbocycles. The van der Waals surface area contributed by atoms with Gasteiger partial charge in [0.25, 0.3) is 0 Å². The van der Waals surface area contributed by atoms with Gasteiger partial charge in [-0.2, -0.15) is 0 Å². The maximum absolute atomic E-state index is 13.4. The number of hydrogen-bond donors (Lipinski definition) is 1. The van der Waals surface area contributed by atoms with Gasteiger partial charge < -0.3 is 9.80 Å². The Morgan fingerprint density at radius 1 is 1.10 bits per heavy atom. The van der Waals surface area contributed by atoms with Crippen LogP contribution in [0.4, 0.5) is 5.69 Å². The molecular weight excluding hydrogens is 438 g/mol. The molecule has 1 unspecified atom stereocenters. The Morgan fingerprint density at radius 3 is 2.73 bits per heavy atom. The maximum Gasteiger partial charge on any atom is 0.242 e. The van der Waals surface area contributed by atoms with Crippen molar-refractivity contribution in [1.29, 1.82) is 0 Å². The van der Waals surface area contributed by atoms with E-state index >= 15 is 0 Å². The number of carbonyl (C=O) groups excluding carboxylic acids is 1. The zero-order valence-corrected chi connectivity index (χ0v) is 18.6. The first-order valence-corrected chi connectivity index (χ1v) is 13.0. The van der Waals surface area contributed by atoms with Crippen molar-refractivity contribution in [2.75, 3.05) is 24.5 Å². The number of carbonyl (C=O) groups is 1. The van der Waals surface area contributed by atoms with Gasteiger partial charge in [-0.3, -0.25) is 4.79 Å². The lowest BCUT2D eigenvalue weighted by Crippen LogP contribution is -2.45. The minimum absolute atomic E-state index is 0.0284. The van der Waals surface area contributed by atoms with Crippen molar-refractivity contribution in [3.63, 3.8) is 0 Å². The SMILES string of the molecule is NS(=O)(=O)c1ccc2c(c1)CCN2CC(=O)N1CCc2sccc2C1c1cccs1. The number of thiophene rings is 2. The lowest BCUT2D eigenvalue weighted by Gasteiger charge is -2.36. The highest BCUT2D eigenvalue weighted by atomic mass is 32.2. The molecule has 0 fully saturated rings. The Bertz CT molecular complexity index is 1200. The standard InChI is InChI=1S/C21H21N3O3S3/c22-30(26,27)15-3-4-17-14(12-15)5-8-23(17)13-20(25)24-9-6-18-16(7-11-29-18)21(24)19-2-1-10-28-19/h1-4,7,10-12,21H,5-6,8-9,13H2,(H2,22,26,27). The summed E-state index contributed by atoms with van der Waals surface area (Å²) in [7, 11) is -3.73. The smallest absolute Gasteiger partial charge is 0.242 e. The van der Waals surface area contributed by atoms with Gasteiger partial charge in [-0.05, 0) is 65.1 Å². The van der Waals surface area contributed by atoms with Crippen molar-refractivity contribution in [1.82, 2.24) is 4.90 Å². The van der Waals surface area contributed by atoms with Gasteiger partial charge in [-0.15, -0.1) is 22.7 Å². The van der Waals surface area contributed by atoms with Crippen LogP contribution < -0.4 is 10.0 Å². The number of benzene rings is 1. The first-order valence-electron chi connectivity index (χ1n) is 9.71. The molecule has 6 nitrogen and oxygen atoms in total. The molecule has 156 valence electrons. The van der Waals surface area contributed by atoms with Gasteiger partial charge in [0, 0.05) is 28.5 Å². The van der Waals surface area contributed by atoms with Crippen LogP contribution in [0.5, 0.6) is 0 Å². The number of amides is 1. The van der Waals surface area contributed by atoms with Gasteiger partial charge in [-0.25, -0.2) is 13.6 Å². The number of sulfonamides is 1. The number of fused-ring (bicyclic) bond motifs is 2. The molecule has 4 heterocycles. The number of primary sulfonamides is 1. The molecule has 1 amide bonds. The molecule has 2 aliphatic rings. The van der Waals surface area contributed by atoms with Crippen molar-refractivity contribution >= 4 is 44.3 Å². The monoisotopic (exact) mass is 459 g/mol. The van der Waals surface area contributed by atoms with E-state index in [4.69, 9.17) is 5.14 Å². The first kappa shape index (κ1) is 19.7. The fourth-order valence-electron chi connectivity index (χ4n) is 4.38. The fourth-order valence-corrected chi connectivity index (χ4v) is 6.70. The summed E-state index contributed by atoms with van der Waals surface area (Å²) < 4.78 is 23.3. The first-order chi connectivity index (χ1) is 14.4. The number of hydrogen-bond acceptors (Lipinski definition) is 6. The molecule has 0 spiro atoms. The molecule has 2 aromatic heterocycles. The Kier molecular flexibility index (Phi) is 4.93. The lowest BCUT2D eigenvalue weighted by molar-refractivity contribution is -0.131. The van der Waals surface area contributed by atoms with E-state index in [1.807, 2.05) is 15.9 Å². The van der Waals surface area contributed by atoms with E-state index < -0.39 is 10.0 Å². The number of anilines is 1. The third-order valence-electron chi connectivity index (χ3n) is 5.80. The molecule has 5 rings (SSSR count). The molecule has 1 atom stereocenters. The average molecular weight is 460 g/mol. The summed E-state index contributed by atoms with van der Waals surface area (Å²) in [5, 5.41) is 9.42. The van der Waals surface area contributed by atoms with Crippen LogP contribution in [0.3, 0.4) is 0 Å². The van der Waals surface area contributed by atoms with Gasteiger partial charge in [0.15, 0.2) is 0 Å². The molecule has 1 aromatic carbocycles. The summed E-state index contributed by atoms with van der Waals surface area (Å²) in [6.45, 7) is 1.68. The Labute approximate surface area is 183 Å². The van der Waals surface area contributed by atoms with Crippen molar-refractivity contribution in [3.8, 4) is 0 Å². The summed E-state index contributed by atoms with van der Waals surface area (Å²) in [5.41, 5.74) is 3.07. The average Bonchev–Trinajstić information content (AvgIpc) is 3.47. The van der Waals surface area contributed by atoms with Crippen LogP contribution in [0.1, 0.15) is 26.9 Å². The second kappa shape index (κ2) is 7.49. The second-order valence-electron chi connectivity index (χ2n) is 7.56. The Balaban J connectivity index is 1.40. The molecule has 0 saturated carbocycles. The van der Waals surface area contributed by atoms with Gasteiger partial charge >= 0.3 is 0 Å². The summed E-state index contributed by atoms with van der Waals surface area (Å²) in [6, 6.07) is 11.2. The van der Waals surface area contributed by atoms with Crippen LogP contribution in [0.2, 0.25) is 0 Å². The maximum atomic E-state index is 13.4. The third kappa shape index (κ3) is 3.45. The van der Waals surface area contributed by atoms with E-state index in [9.17, 15) is 13.2 Å². The highest BCUT2D eigenvalue weighted by Gasteiger charge is 2.34. The number of rotatable bonds is 4. The largest absolute Gasteiger partial charge is 0.362 e. The van der Waals surface area contributed by atoms with Crippen molar-refractivity contribution in [2.24, 2.45) is 5.14 Å². The normalized spacial score (nSPS) is 18.4. The van der Waals surface area contributed by atoms with Gasteiger partial charge in [-0.1, -0.05) is 6.07 Å². The van der Waals surface area contributed by atoms with Crippen LogP contribution in [-0.4, -0.2) is 38.9 Å². The van der Waals surface area contributed by atoms with E-state index in [0.29, 0.717) is 19.5 Å². The van der Waals surface area contributed by atoms with Crippen LogP contribution in [0.25, 0.3) is 0 Å². The summed E-state index contributed by atoms with van der Waals surface area (Å²) in [5.74, 6) is 0.0913. The van der Waals surface area contributed by atoms with Gasteiger partial charge in [0.1, 0.15) is 0 Å². The fraction of sp³-hybridized carbons (Fsp3) is 0.286. The van der Waals surface area contributed by atoms with Crippen LogP contribution in [-0.2, 0) is 27.7 Å². The van der Waals surface area contributed by atoms with E-state index in [1.165, 1.54) is 21.4 Å². The number of nitrogens with zero attached hydrogens (tertiary/aromatic N) is 2. The quantitative estimate of drug-likeness (QED) is 0.650. The van der Waals surface area contributed by atoms with E-state index in [1.54, 1.807) is 34.8 Å². The molecule has 0 saturated heterocycles. The van der Waals surface area contributed by atoms with Crippen molar-refractivity contribution < 1.29 is 13.2 Å². The molecule has 2 aliphatic heterocycles. The lowest BCUT2D eigenvalue weighted by atomic mass is 9.98. The Hall–Kier alpha value is -2.20. The topological polar surface area (TPSA) is 83.7 Å². The van der Waals surface area contributed by atoms with Crippen LogP contribution in [0.15, 0.2) is 52.1 Å². The molecule has 0 radical (unpaired) electrons. The highest BCUT2D eigenvalue weighted by molar-refractivity contribution is 7.89. The van der Waals surface area contributed by atoms with E-state index in [2.05, 4.69) is 22.9 Å². The van der Waals surface area contributed by atoms with E-state index in [0.717, 1.165) is 17.7 Å². The minimum atomic E-state index is -3.73. The predicted octanol–water partition coefficient (Wildman–Crippen LogP) is 2.99. The molecular formula is C21H21N3O3S3. The zero-order valence-electron chi connectivity index (χ0n) is 16.2. The summed E-state index contributed by atoms with van der Waals surface area (Å²) in [4.78, 5) is 20.1. The number of nitrogens with two attached hydrogens (primary N) is 1. The Morgan fingerprint density at radius 2 is 1.97 bits per heavy atom. The summed E-state index contributed by atoms with van der Waals surface area (Å²) >= 11 is 3.45. The van der Waals surface area contributed by atoms with Gasteiger partial charge in [0.05, 0.1) is 17.5 Å². The van der Waals surface area contributed by atoms with Crippen molar-refractivity contribution in [2.45, 2.75) is 23.8 Å². The molecule has 2 N–H and O–H groups in total. The third-order valence-corrected chi connectivity index (χ3v) is 8.63. The minimum Gasteiger partial charge on any atom is -0.362 e. The molecule has 30 heavy (non-hydrogen) atoms. The second-order valence-corrected chi connectivity index (χ2v) is 11.1. The van der Waals surface area contributed by atoms with E-state index in [-0.39, 0.29) is 23.4 Å². The molecule has 3 aromatic rings. The summed E-state index contributed by atoms with van der Waals surface area (Å²) in [6.07, 6.45) is 1.59. The van der Waals surface area contributed by atoms with Crippen LogP contribution >= 0.6 is 22.7 Å². The molecule has 9 heteroatoms. The molecule has 0 bridgehead atoms. The van der Waals surface area contributed by atoms with Gasteiger partial charge in [0.2, 0.25) is 15.9 Å². The van der Waals surface area contributed by atoms with Crippen LogP contribution in [0, 0.1) is 0 Å². The van der Waals surface area contributed by atoms with Crippen molar-refractivity contribution in [3.05, 3.63) is 68.0 Å². The zero-order chi connectivity index (χ0) is 20.9. The predicted molar refractivity (Wildman–Crippen MR) is 120 cm³/mol. The highest BCUT2D eigenvalue weighted by Crippen LogP contribution is 2.40.